The first-order valence-electron chi connectivity index (χ1n) is 10.4. The highest BCUT2D eigenvalue weighted by atomic mass is 19.4. The molecule has 1 aliphatic heterocycles. The zero-order chi connectivity index (χ0) is 23.6. The summed E-state index contributed by atoms with van der Waals surface area (Å²) < 4.78 is 41.4. The molecule has 1 aliphatic rings. The van der Waals surface area contributed by atoms with Gasteiger partial charge in [0.2, 0.25) is 5.95 Å². The molecule has 0 radical (unpaired) electrons. The molecule has 0 aliphatic carbocycles. The summed E-state index contributed by atoms with van der Waals surface area (Å²) in [6.07, 6.45) is -3.37. The molecule has 1 atom stereocenters. The quantitative estimate of drug-likeness (QED) is 0.517. The van der Waals surface area contributed by atoms with E-state index in [1.807, 2.05) is 36.4 Å². The number of alkyl halides is 3. The number of aromatic nitrogens is 2. The van der Waals surface area contributed by atoms with Crippen LogP contribution in [0.1, 0.15) is 43.0 Å². The Bertz CT molecular complexity index is 1170. The maximum Gasteiger partial charge on any atom is 0.421 e. The molecule has 1 saturated heterocycles. The van der Waals surface area contributed by atoms with Crippen molar-refractivity contribution in [3.05, 3.63) is 77.5 Å². The lowest BCUT2D eigenvalue weighted by Crippen LogP contribution is -2.26. The summed E-state index contributed by atoms with van der Waals surface area (Å²) in [5, 5.41) is 13.6. The third-order valence-electron chi connectivity index (χ3n) is 5.49. The van der Waals surface area contributed by atoms with Crippen LogP contribution in [0.4, 0.5) is 30.6 Å². The number of hydroxylamine groups is 1. The van der Waals surface area contributed by atoms with E-state index in [4.69, 9.17) is 4.84 Å². The molecule has 0 bridgehead atoms. The second kappa shape index (κ2) is 8.71. The van der Waals surface area contributed by atoms with E-state index in [0.29, 0.717) is 12.1 Å². The van der Waals surface area contributed by atoms with Gasteiger partial charge in [0.05, 0.1) is 24.1 Å². The molecule has 2 aromatic carbocycles. The van der Waals surface area contributed by atoms with Gasteiger partial charge in [-0.1, -0.05) is 42.5 Å². The average Bonchev–Trinajstić information content (AvgIpc) is 3.29. The van der Waals surface area contributed by atoms with Crippen molar-refractivity contribution in [2.45, 2.75) is 37.9 Å². The van der Waals surface area contributed by atoms with E-state index in [9.17, 15) is 18.4 Å². The Balaban J connectivity index is 1.71. The van der Waals surface area contributed by atoms with Crippen molar-refractivity contribution in [3.63, 3.8) is 0 Å². The second-order valence-corrected chi connectivity index (χ2v) is 8.25. The van der Waals surface area contributed by atoms with Gasteiger partial charge >= 0.3 is 6.18 Å². The van der Waals surface area contributed by atoms with Crippen molar-refractivity contribution < 1.29 is 18.0 Å². The minimum absolute atomic E-state index is 0.00720. The van der Waals surface area contributed by atoms with Crippen LogP contribution in [0, 0.1) is 11.3 Å². The molecular formula is C24H22F3N5O. The molecule has 9 heteroatoms. The molecule has 1 aromatic heterocycles. The van der Waals surface area contributed by atoms with Crippen LogP contribution in [0.2, 0.25) is 0 Å². The molecule has 2 heterocycles. The van der Waals surface area contributed by atoms with Gasteiger partial charge in [-0.15, -0.1) is 0 Å². The van der Waals surface area contributed by atoms with Gasteiger partial charge in [0.15, 0.2) is 5.82 Å². The molecule has 1 unspecified atom stereocenters. The summed E-state index contributed by atoms with van der Waals surface area (Å²) in [6, 6.07) is 18.1. The predicted molar refractivity (Wildman–Crippen MR) is 118 cm³/mol. The molecule has 1 fully saturated rings. The standard InChI is InChI=1S/C24H22F3N5O/c1-23(2,15-28)17-9-6-10-18(13-17)30-22-29-14-19(24(25,26)27)21(31-22)32-20(11-12-33-32)16-7-4-3-5-8-16/h3-10,13-14,20H,11-12H2,1-2H3,(H,29,30,31). The summed E-state index contributed by atoms with van der Waals surface area (Å²) in [4.78, 5) is 13.7. The van der Waals surface area contributed by atoms with E-state index in [-0.39, 0.29) is 18.4 Å². The van der Waals surface area contributed by atoms with Gasteiger partial charge in [0.1, 0.15) is 5.56 Å². The molecule has 1 N–H and O–H groups in total. The Labute approximate surface area is 189 Å². The van der Waals surface area contributed by atoms with E-state index in [1.165, 1.54) is 5.06 Å². The van der Waals surface area contributed by atoms with Crippen LogP contribution in [-0.4, -0.2) is 16.6 Å². The van der Waals surface area contributed by atoms with Crippen molar-refractivity contribution in [2.24, 2.45) is 0 Å². The molecule has 0 amide bonds. The van der Waals surface area contributed by atoms with Crippen molar-refractivity contribution in [2.75, 3.05) is 17.0 Å². The highest BCUT2D eigenvalue weighted by Crippen LogP contribution is 2.41. The average molecular weight is 453 g/mol. The summed E-state index contributed by atoms with van der Waals surface area (Å²) >= 11 is 0. The van der Waals surface area contributed by atoms with Crippen molar-refractivity contribution in [3.8, 4) is 6.07 Å². The molecule has 33 heavy (non-hydrogen) atoms. The van der Waals surface area contributed by atoms with Crippen LogP contribution in [0.25, 0.3) is 0 Å². The molecule has 0 saturated carbocycles. The number of anilines is 3. The van der Waals surface area contributed by atoms with Crippen molar-refractivity contribution in [1.82, 2.24) is 9.97 Å². The third-order valence-corrected chi connectivity index (χ3v) is 5.49. The van der Waals surface area contributed by atoms with E-state index in [2.05, 4.69) is 21.4 Å². The van der Waals surface area contributed by atoms with E-state index >= 15 is 0 Å². The van der Waals surface area contributed by atoms with Gasteiger partial charge in [-0.3, -0.25) is 4.84 Å². The van der Waals surface area contributed by atoms with Gasteiger partial charge in [-0.25, -0.2) is 10.0 Å². The Morgan fingerprint density at radius 3 is 2.58 bits per heavy atom. The fourth-order valence-electron chi connectivity index (χ4n) is 3.64. The van der Waals surface area contributed by atoms with Gasteiger partial charge in [0, 0.05) is 18.3 Å². The van der Waals surface area contributed by atoms with E-state index in [0.717, 1.165) is 17.3 Å². The normalized spacial score (nSPS) is 16.5. The van der Waals surface area contributed by atoms with Crippen LogP contribution in [0.3, 0.4) is 0 Å². The summed E-state index contributed by atoms with van der Waals surface area (Å²) in [7, 11) is 0. The Kier molecular flexibility index (Phi) is 5.95. The molecule has 0 spiro atoms. The second-order valence-electron chi connectivity index (χ2n) is 8.25. The monoisotopic (exact) mass is 453 g/mol. The minimum Gasteiger partial charge on any atom is -0.324 e. The van der Waals surface area contributed by atoms with Crippen LogP contribution in [0.5, 0.6) is 0 Å². The summed E-state index contributed by atoms with van der Waals surface area (Å²) in [5.74, 6) is -0.355. The maximum atomic E-state index is 13.8. The number of hydrogen-bond acceptors (Lipinski definition) is 6. The Morgan fingerprint density at radius 1 is 1.12 bits per heavy atom. The summed E-state index contributed by atoms with van der Waals surface area (Å²) in [5.41, 5.74) is 0.450. The lowest BCUT2D eigenvalue weighted by Gasteiger charge is -2.26. The fraction of sp³-hybridized carbons (Fsp3) is 0.292. The van der Waals surface area contributed by atoms with Gasteiger partial charge in [-0.2, -0.15) is 23.4 Å². The molecular weight excluding hydrogens is 431 g/mol. The van der Waals surface area contributed by atoms with E-state index in [1.54, 1.807) is 32.0 Å². The van der Waals surface area contributed by atoms with Gasteiger partial charge in [-0.05, 0) is 37.1 Å². The predicted octanol–water partition coefficient (Wildman–Crippen LogP) is 5.92. The number of nitrogens with zero attached hydrogens (tertiary/aromatic N) is 4. The van der Waals surface area contributed by atoms with Gasteiger partial charge in [0.25, 0.3) is 0 Å². The van der Waals surface area contributed by atoms with Crippen LogP contribution in [0.15, 0.2) is 60.8 Å². The number of nitriles is 1. The SMILES string of the molecule is CC(C)(C#N)c1cccc(Nc2ncc(C(F)(F)F)c(N3OCCC3c3ccccc3)n2)c1. The van der Waals surface area contributed by atoms with E-state index < -0.39 is 23.2 Å². The first-order valence-corrected chi connectivity index (χ1v) is 10.4. The third kappa shape index (κ3) is 4.76. The number of hydrogen-bond donors (Lipinski definition) is 1. The lowest BCUT2D eigenvalue weighted by molar-refractivity contribution is -0.138. The van der Waals surface area contributed by atoms with Crippen molar-refractivity contribution in [1.29, 1.82) is 5.26 Å². The maximum absolute atomic E-state index is 13.8. The molecule has 4 rings (SSSR count). The zero-order valence-electron chi connectivity index (χ0n) is 18.1. The Morgan fingerprint density at radius 2 is 1.88 bits per heavy atom. The lowest BCUT2D eigenvalue weighted by atomic mass is 9.86. The highest BCUT2D eigenvalue weighted by molar-refractivity contribution is 5.59. The van der Waals surface area contributed by atoms with Crippen LogP contribution in [-0.2, 0) is 16.4 Å². The molecule has 3 aromatic rings. The van der Waals surface area contributed by atoms with Crippen LogP contribution < -0.4 is 10.4 Å². The number of rotatable bonds is 5. The fourth-order valence-corrected chi connectivity index (χ4v) is 3.64. The van der Waals surface area contributed by atoms with Crippen LogP contribution >= 0.6 is 0 Å². The van der Waals surface area contributed by atoms with Crippen molar-refractivity contribution >= 4 is 17.5 Å². The topological polar surface area (TPSA) is 74.1 Å². The smallest absolute Gasteiger partial charge is 0.324 e. The first-order chi connectivity index (χ1) is 15.7. The molecule has 6 nitrogen and oxygen atoms in total. The Hall–Kier alpha value is -3.64. The van der Waals surface area contributed by atoms with Gasteiger partial charge < -0.3 is 5.32 Å². The summed E-state index contributed by atoms with van der Waals surface area (Å²) in [6.45, 7) is 3.84. The highest BCUT2D eigenvalue weighted by Gasteiger charge is 2.40. The zero-order valence-corrected chi connectivity index (χ0v) is 18.1. The largest absolute Gasteiger partial charge is 0.421 e. The first kappa shape index (κ1) is 22.6. The minimum atomic E-state index is -4.65. The molecule has 170 valence electrons. The number of benzene rings is 2. The number of nitrogens with one attached hydrogen (secondary N) is 1. The number of halogens is 3.